The first-order valence-corrected chi connectivity index (χ1v) is 13.4. The Balaban J connectivity index is 1.38. The van der Waals surface area contributed by atoms with Crippen LogP contribution in [0.1, 0.15) is 39.0 Å². The molecule has 2 amide bonds. The van der Waals surface area contributed by atoms with Gasteiger partial charge in [0, 0.05) is 38.3 Å². The zero-order valence-electron chi connectivity index (χ0n) is 22.6. The fourth-order valence-electron chi connectivity index (χ4n) is 6.37. The summed E-state index contributed by atoms with van der Waals surface area (Å²) in [4.78, 5) is 34.4. The number of fused-ring (bicyclic) bond motifs is 4. The highest BCUT2D eigenvalue weighted by Gasteiger charge is 2.48. The van der Waals surface area contributed by atoms with Crippen molar-refractivity contribution in [2.75, 3.05) is 59.0 Å². The van der Waals surface area contributed by atoms with Crippen LogP contribution in [-0.4, -0.2) is 75.7 Å². The Bertz CT molecular complexity index is 1420. The van der Waals surface area contributed by atoms with Gasteiger partial charge >= 0.3 is 0 Å². The van der Waals surface area contributed by atoms with E-state index >= 15 is 0 Å². The quantitative estimate of drug-likeness (QED) is 0.501. The molecule has 0 radical (unpaired) electrons. The number of nitrogens with zero attached hydrogens (tertiary/aromatic N) is 3. The monoisotopic (exact) mass is 527 g/mol. The molecule has 8 heteroatoms. The van der Waals surface area contributed by atoms with Crippen LogP contribution >= 0.6 is 0 Å². The van der Waals surface area contributed by atoms with Crippen molar-refractivity contribution in [1.29, 1.82) is 0 Å². The van der Waals surface area contributed by atoms with Gasteiger partial charge in [-0.3, -0.25) is 9.59 Å². The van der Waals surface area contributed by atoms with Crippen LogP contribution in [0.2, 0.25) is 0 Å². The van der Waals surface area contributed by atoms with Gasteiger partial charge in [-0.25, -0.2) is 0 Å². The van der Waals surface area contributed by atoms with Gasteiger partial charge in [0.2, 0.25) is 5.91 Å². The minimum absolute atomic E-state index is 0.0300. The van der Waals surface area contributed by atoms with E-state index < -0.39 is 5.92 Å². The van der Waals surface area contributed by atoms with Crippen molar-refractivity contribution in [3.05, 3.63) is 82.9 Å². The normalized spacial score (nSPS) is 20.1. The van der Waals surface area contributed by atoms with Crippen LogP contribution in [0.4, 0.5) is 5.69 Å². The third-order valence-electron chi connectivity index (χ3n) is 8.31. The molecule has 0 aromatic heterocycles. The van der Waals surface area contributed by atoms with Gasteiger partial charge in [0.1, 0.15) is 5.75 Å². The summed E-state index contributed by atoms with van der Waals surface area (Å²) in [6, 6.07) is 19.3. The number of piperazine rings is 1. The molecule has 1 fully saturated rings. The zero-order chi connectivity index (χ0) is 27.1. The molecular weight excluding hydrogens is 494 g/mol. The Hall–Kier alpha value is -4.20. The SMILES string of the molecule is COc1cc2c(cc1OC)[C@H](C(=O)N1CCN(c3ccccc3OC)CC1)[C@@H]1c3ccccc3CCN1C2=O. The van der Waals surface area contributed by atoms with Crippen LogP contribution in [0.5, 0.6) is 17.2 Å². The highest BCUT2D eigenvalue weighted by molar-refractivity contribution is 6.02. The van der Waals surface area contributed by atoms with E-state index in [2.05, 4.69) is 23.1 Å². The lowest BCUT2D eigenvalue weighted by Gasteiger charge is -2.47. The standard InChI is InChI=1S/C31H33N3O5/c1-37-25-11-7-6-10-24(25)32-14-16-33(17-15-32)31(36)28-22-18-26(38-2)27(39-3)19-23(22)30(35)34-13-12-20-8-4-5-9-21(20)29(28)34/h4-11,18-19,28-29H,12-17H2,1-3H3/t28-,29-/m0/s1. The number of para-hydroxylation sites is 2. The molecule has 0 saturated carbocycles. The number of amides is 2. The maximum Gasteiger partial charge on any atom is 0.254 e. The smallest absolute Gasteiger partial charge is 0.254 e. The van der Waals surface area contributed by atoms with E-state index in [4.69, 9.17) is 14.2 Å². The van der Waals surface area contributed by atoms with Crippen LogP contribution in [0, 0.1) is 0 Å². The van der Waals surface area contributed by atoms with E-state index in [0.29, 0.717) is 55.3 Å². The van der Waals surface area contributed by atoms with E-state index in [1.807, 2.05) is 46.2 Å². The van der Waals surface area contributed by atoms with Crippen molar-refractivity contribution in [2.45, 2.75) is 18.4 Å². The molecule has 0 bridgehead atoms. The summed E-state index contributed by atoms with van der Waals surface area (Å²) in [6.45, 7) is 3.12. The number of carbonyl (C=O) groups is 2. The molecular formula is C31H33N3O5. The lowest BCUT2D eigenvalue weighted by molar-refractivity contribution is -0.135. The van der Waals surface area contributed by atoms with E-state index in [0.717, 1.165) is 23.4 Å². The Kier molecular flexibility index (Phi) is 6.54. The molecule has 6 rings (SSSR count). The van der Waals surface area contributed by atoms with Crippen molar-refractivity contribution < 1.29 is 23.8 Å². The van der Waals surface area contributed by atoms with Gasteiger partial charge < -0.3 is 28.9 Å². The number of hydrogen-bond acceptors (Lipinski definition) is 6. The van der Waals surface area contributed by atoms with Gasteiger partial charge in [-0.15, -0.1) is 0 Å². The third-order valence-corrected chi connectivity index (χ3v) is 8.31. The van der Waals surface area contributed by atoms with Crippen LogP contribution in [0.3, 0.4) is 0 Å². The topological polar surface area (TPSA) is 71.6 Å². The number of methoxy groups -OCH3 is 3. The first-order chi connectivity index (χ1) is 19.0. The van der Waals surface area contributed by atoms with E-state index in [-0.39, 0.29) is 17.9 Å². The van der Waals surface area contributed by atoms with Crippen molar-refractivity contribution in [3.63, 3.8) is 0 Å². The molecule has 0 N–H and O–H groups in total. The van der Waals surface area contributed by atoms with Crippen molar-refractivity contribution in [2.24, 2.45) is 0 Å². The maximum atomic E-state index is 14.5. The highest BCUT2D eigenvalue weighted by Crippen LogP contribution is 2.49. The lowest BCUT2D eigenvalue weighted by Crippen LogP contribution is -2.54. The molecule has 3 heterocycles. The van der Waals surface area contributed by atoms with Crippen molar-refractivity contribution in [1.82, 2.24) is 9.80 Å². The first kappa shape index (κ1) is 25.1. The summed E-state index contributed by atoms with van der Waals surface area (Å²) in [6.07, 6.45) is 0.763. The summed E-state index contributed by atoms with van der Waals surface area (Å²) in [5.74, 6) is 1.24. The fraction of sp³-hybridized carbons (Fsp3) is 0.355. The highest BCUT2D eigenvalue weighted by atomic mass is 16.5. The molecule has 0 aliphatic carbocycles. The van der Waals surface area contributed by atoms with Gasteiger partial charge in [-0.2, -0.15) is 0 Å². The molecule has 3 aliphatic rings. The number of anilines is 1. The number of hydrogen-bond donors (Lipinski definition) is 0. The Morgan fingerprint density at radius 1 is 0.769 bits per heavy atom. The Morgan fingerprint density at radius 3 is 2.18 bits per heavy atom. The van der Waals surface area contributed by atoms with Crippen LogP contribution < -0.4 is 19.1 Å². The molecule has 0 unspecified atom stereocenters. The van der Waals surface area contributed by atoms with E-state index in [1.54, 1.807) is 27.4 Å². The average molecular weight is 528 g/mol. The number of carbonyl (C=O) groups excluding carboxylic acids is 2. The second kappa shape index (κ2) is 10.2. The van der Waals surface area contributed by atoms with Gasteiger partial charge in [0.05, 0.1) is 39.0 Å². The average Bonchev–Trinajstić information content (AvgIpc) is 3.00. The summed E-state index contributed by atoms with van der Waals surface area (Å²) in [5.41, 5.74) is 4.48. The maximum absolute atomic E-state index is 14.5. The largest absolute Gasteiger partial charge is 0.495 e. The minimum atomic E-state index is -0.545. The van der Waals surface area contributed by atoms with Crippen LogP contribution in [0.15, 0.2) is 60.7 Å². The Morgan fingerprint density at radius 2 is 1.44 bits per heavy atom. The molecule has 202 valence electrons. The van der Waals surface area contributed by atoms with Crippen LogP contribution in [-0.2, 0) is 11.2 Å². The zero-order valence-corrected chi connectivity index (χ0v) is 22.6. The molecule has 3 aromatic carbocycles. The third kappa shape index (κ3) is 4.15. The van der Waals surface area contributed by atoms with Gasteiger partial charge in [-0.05, 0) is 47.4 Å². The molecule has 3 aromatic rings. The van der Waals surface area contributed by atoms with E-state index in [1.165, 1.54) is 5.56 Å². The molecule has 0 spiro atoms. The summed E-state index contributed by atoms with van der Waals surface area (Å²) >= 11 is 0. The second-order valence-corrected chi connectivity index (χ2v) is 10.1. The van der Waals surface area contributed by atoms with Gasteiger partial charge in [-0.1, -0.05) is 36.4 Å². The molecule has 2 atom stereocenters. The Labute approximate surface area is 228 Å². The minimum Gasteiger partial charge on any atom is -0.495 e. The molecule has 39 heavy (non-hydrogen) atoms. The molecule has 1 saturated heterocycles. The molecule has 8 nitrogen and oxygen atoms in total. The van der Waals surface area contributed by atoms with Crippen LogP contribution in [0.25, 0.3) is 0 Å². The van der Waals surface area contributed by atoms with Crippen molar-refractivity contribution >= 4 is 17.5 Å². The predicted octanol–water partition coefficient (Wildman–Crippen LogP) is 3.90. The number of benzene rings is 3. The predicted molar refractivity (Wildman–Crippen MR) is 148 cm³/mol. The second-order valence-electron chi connectivity index (χ2n) is 10.1. The lowest BCUT2D eigenvalue weighted by atomic mass is 9.75. The van der Waals surface area contributed by atoms with Crippen molar-refractivity contribution in [3.8, 4) is 17.2 Å². The summed E-state index contributed by atoms with van der Waals surface area (Å²) in [7, 11) is 4.81. The summed E-state index contributed by atoms with van der Waals surface area (Å²) in [5, 5.41) is 0. The number of rotatable bonds is 5. The van der Waals surface area contributed by atoms with Gasteiger partial charge in [0.25, 0.3) is 5.91 Å². The first-order valence-electron chi connectivity index (χ1n) is 13.4. The van der Waals surface area contributed by atoms with Gasteiger partial charge in [0.15, 0.2) is 11.5 Å². The van der Waals surface area contributed by atoms with E-state index in [9.17, 15) is 9.59 Å². The summed E-state index contributed by atoms with van der Waals surface area (Å²) < 4.78 is 16.7. The molecule has 3 aliphatic heterocycles. The fourth-order valence-corrected chi connectivity index (χ4v) is 6.37. The number of ether oxygens (including phenoxy) is 3.